The van der Waals surface area contributed by atoms with Gasteiger partial charge >= 0.3 is 0 Å². The molecule has 1 spiro atoms. The summed E-state index contributed by atoms with van der Waals surface area (Å²) in [7, 11) is 0. The van der Waals surface area contributed by atoms with Crippen LogP contribution in [0, 0.1) is 5.41 Å². The lowest BCUT2D eigenvalue weighted by Crippen LogP contribution is -2.53. The molecule has 0 bridgehead atoms. The molecule has 9 nitrogen and oxygen atoms in total. The lowest BCUT2D eigenvalue weighted by Gasteiger charge is -2.46. The third-order valence-corrected chi connectivity index (χ3v) is 11.7. The zero-order valence-corrected chi connectivity index (χ0v) is 23.5. The fourth-order valence-corrected chi connectivity index (χ4v) is 9.15. The van der Waals surface area contributed by atoms with Crippen LogP contribution in [0.15, 0.2) is 52.9 Å². The van der Waals surface area contributed by atoms with Gasteiger partial charge in [0.15, 0.2) is 10.4 Å². The summed E-state index contributed by atoms with van der Waals surface area (Å²) in [6.07, 6.45) is 13.3. The highest BCUT2D eigenvalue weighted by molar-refractivity contribution is 7.99. The van der Waals surface area contributed by atoms with Crippen molar-refractivity contribution in [1.29, 1.82) is 0 Å². The standard InChI is InChI=1S/C28H29N7O2S2/c1-27(2)18-3-8-29-19-15-28(23(22(18)19)33-39(27)36)6-11-34(12-7-28)26-32-16-21(24-30-10-13-35(24)26)38-20-4-9-31-25-17(20)5-14-37-25/h3-4,8-10,13,16,23,33H,5-7,11-12,14-15H2,1-2H3/t23-,39?/m1/s1. The predicted octanol–water partition coefficient (Wildman–Crippen LogP) is 3.99. The van der Waals surface area contributed by atoms with E-state index in [-0.39, 0.29) is 11.5 Å². The van der Waals surface area contributed by atoms with Gasteiger partial charge in [0.1, 0.15) is 0 Å². The first-order valence-corrected chi connectivity index (χ1v) is 15.4. The lowest BCUT2D eigenvalue weighted by molar-refractivity contribution is 0.172. The van der Waals surface area contributed by atoms with E-state index in [0.717, 1.165) is 71.6 Å². The maximum Gasteiger partial charge on any atom is 0.217 e. The molecule has 1 saturated heterocycles. The van der Waals surface area contributed by atoms with Gasteiger partial charge in [0.25, 0.3) is 0 Å². The van der Waals surface area contributed by atoms with Crippen molar-refractivity contribution in [2.45, 2.75) is 60.1 Å². The Kier molecular flexibility index (Phi) is 5.27. The van der Waals surface area contributed by atoms with E-state index in [1.54, 1.807) is 18.0 Å². The predicted molar refractivity (Wildman–Crippen MR) is 149 cm³/mol. The molecule has 0 amide bonds. The van der Waals surface area contributed by atoms with Crippen molar-refractivity contribution >= 4 is 34.7 Å². The van der Waals surface area contributed by atoms with Crippen LogP contribution in [-0.4, -0.2) is 48.6 Å². The Bertz CT molecular complexity index is 1620. The molecule has 8 rings (SSSR count). The first-order chi connectivity index (χ1) is 18.9. The number of imidazole rings is 1. The Morgan fingerprint density at radius 3 is 2.79 bits per heavy atom. The van der Waals surface area contributed by atoms with Gasteiger partial charge < -0.3 is 14.2 Å². The van der Waals surface area contributed by atoms with Crippen molar-refractivity contribution < 1.29 is 9.29 Å². The molecule has 200 valence electrons. The third kappa shape index (κ3) is 3.49. The number of hydrogen-bond acceptors (Lipinski definition) is 9. The van der Waals surface area contributed by atoms with E-state index in [1.807, 2.05) is 30.9 Å². The molecule has 3 aliphatic heterocycles. The summed E-state index contributed by atoms with van der Waals surface area (Å²) >= 11 is 0.529. The first-order valence-electron chi connectivity index (χ1n) is 13.5. The van der Waals surface area contributed by atoms with E-state index in [4.69, 9.17) is 19.7 Å². The van der Waals surface area contributed by atoms with E-state index in [0.29, 0.717) is 6.61 Å². The molecule has 39 heavy (non-hydrogen) atoms. The molecule has 2 atom stereocenters. The second-order valence-electron chi connectivity index (χ2n) is 11.4. The second kappa shape index (κ2) is 8.57. The van der Waals surface area contributed by atoms with E-state index >= 15 is 0 Å². The van der Waals surface area contributed by atoms with Gasteiger partial charge in [-0.3, -0.25) is 9.38 Å². The van der Waals surface area contributed by atoms with Crippen molar-refractivity contribution in [2.75, 3.05) is 24.6 Å². The van der Waals surface area contributed by atoms with Gasteiger partial charge in [-0.2, -0.15) is 0 Å². The molecule has 7 heterocycles. The van der Waals surface area contributed by atoms with Gasteiger partial charge in [-0.1, -0.05) is 11.8 Å². The van der Waals surface area contributed by atoms with Crippen LogP contribution in [-0.2, 0) is 29.0 Å². The second-order valence-corrected chi connectivity index (χ2v) is 14.3. The molecular formula is C28H29N7O2S2. The number of rotatable bonds is 3. The minimum atomic E-state index is -1.14. The van der Waals surface area contributed by atoms with Crippen LogP contribution >= 0.6 is 11.8 Å². The number of ether oxygens (including phenoxy) is 1. The minimum absolute atomic E-state index is 0.0156. The quantitative estimate of drug-likeness (QED) is 0.373. The molecule has 4 aromatic rings. The SMILES string of the molecule is CC1(C)c2ccnc3c2[C@@H](N[S+]1[O-])C1(CCN(c2ncc(Sc4ccnc5c4CCO5)c4nccn24)CC1)C3. The molecular weight excluding hydrogens is 530 g/mol. The highest BCUT2D eigenvalue weighted by atomic mass is 32.2. The maximum atomic E-state index is 13.3. The third-order valence-electron chi connectivity index (χ3n) is 9.03. The van der Waals surface area contributed by atoms with E-state index < -0.39 is 16.1 Å². The number of pyridine rings is 2. The van der Waals surface area contributed by atoms with E-state index in [9.17, 15) is 4.55 Å². The molecule has 4 aliphatic rings. The van der Waals surface area contributed by atoms with E-state index in [2.05, 4.69) is 38.9 Å². The number of piperidine rings is 1. The van der Waals surface area contributed by atoms with Crippen molar-refractivity contribution in [2.24, 2.45) is 5.41 Å². The molecule has 4 aromatic heterocycles. The first kappa shape index (κ1) is 24.0. The Morgan fingerprint density at radius 1 is 1.08 bits per heavy atom. The average molecular weight is 560 g/mol. The summed E-state index contributed by atoms with van der Waals surface area (Å²) in [5.41, 5.74) is 5.74. The average Bonchev–Trinajstić information content (AvgIpc) is 3.68. The van der Waals surface area contributed by atoms with Gasteiger partial charge in [0, 0.05) is 94.6 Å². The molecule has 0 aromatic carbocycles. The van der Waals surface area contributed by atoms with Crippen LogP contribution in [0.25, 0.3) is 5.65 Å². The number of nitrogens with zero attached hydrogens (tertiary/aromatic N) is 6. The molecule has 1 fully saturated rings. The van der Waals surface area contributed by atoms with Crippen molar-refractivity contribution in [1.82, 2.24) is 29.1 Å². The van der Waals surface area contributed by atoms with Crippen LogP contribution in [0.5, 0.6) is 5.88 Å². The maximum absolute atomic E-state index is 13.3. The summed E-state index contributed by atoms with van der Waals surface area (Å²) in [6, 6.07) is 4.20. The van der Waals surface area contributed by atoms with Crippen LogP contribution in [0.1, 0.15) is 55.1 Å². The Balaban J connectivity index is 1.07. The summed E-state index contributed by atoms with van der Waals surface area (Å²) in [5, 5.41) is 0. The molecule has 11 heteroatoms. The normalized spacial score (nSPS) is 24.1. The van der Waals surface area contributed by atoms with Crippen molar-refractivity contribution in [3.05, 3.63) is 65.5 Å². The van der Waals surface area contributed by atoms with E-state index in [1.165, 1.54) is 16.8 Å². The van der Waals surface area contributed by atoms with Gasteiger partial charge in [0.2, 0.25) is 11.8 Å². The highest BCUT2D eigenvalue weighted by Crippen LogP contribution is 2.57. The minimum Gasteiger partial charge on any atom is -0.597 e. The van der Waals surface area contributed by atoms with Gasteiger partial charge in [-0.25, -0.2) is 15.0 Å². The van der Waals surface area contributed by atoms with Crippen molar-refractivity contribution in [3.8, 4) is 5.88 Å². The van der Waals surface area contributed by atoms with Crippen LogP contribution in [0.4, 0.5) is 5.95 Å². The molecule has 1 unspecified atom stereocenters. The highest BCUT2D eigenvalue weighted by Gasteiger charge is 2.57. The molecule has 1 N–H and O–H groups in total. The van der Waals surface area contributed by atoms with Gasteiger partial charge in [-0.05, 0) is 45.2 Å². The van der Waals surface area contributed by atoms with Crippen LogP contribution < -0.4 is 14.4 Å². The Morgan fingerprint density at radius 2 is 1.92 bits per heavy atom. The van der Waals surface area contributed by atoms with Gasteiger partial charge in [0.05, 0.1) is 17.5 Å². The molecule has 0 radical (unpaired) electrons. The zero-order valence-electron chi connectivity index (χ0n) is 21.9. The fraction of sp³-hybridized carbons (Fsp3) is 0.429. The largest absolute Gasteiger partial charge is 0.597 e. The lowest BCUT2D eigenvalue weighted by atomic mass is 9.72. The smallest absolute Gasteiger partial charge is 0.217 e. The number of fused-ring (bicyclic) bond motifs is 3. The molecule has 1 aliphatic carbocycles. The fourth-order valence-electron chi connectivity index (χ4n) is 6.87. The number of hydrogen-bond donors (Lipinski definition) is 1. The number of anilines is 1. The Labute approximate surface area is 234 Å². The Hall–Kier alpha value is -2.86. The summed E-state index contributed by atoms with van der Waals surface area (Å²) in [4.78, 5) is 23.3. The topological polar surface area (TPSA) is 104 Å². The summed E-state index contributed by atoms with van der Waals surface area (Å²) < 4.78 is 24.1. The summed E-state index contributed by atoms with van der Waals surface area (Å²) in [6.45, 7) is 6.56. The number of nitrogens with one attached hydrogen (secondary N) is 1. The monoisotopic (exact) mass is 559 g/mol. The molecule has 0 saturated carbocycles. The van der Waals surface area contributed by atoms with Gasteiger partial charge in [-0.15, -0.1) is 4.72 Å². The summed E-state index contributed by atoms with van der Waals surface area (Å²) in [5.74, 6) is 1.66. The van der Waals surface area contributed by atoms with Crippen LogP contribution in [0.3, 0.4) is 0 Å². The number of aromatic nitrogens is 5. The van der Waals surface area contributed by atoms with Crippen LogP contribution in [0.2, 0.25) is 0 Å². The zero-order chi connectivity index (χ0) is 26.4. The van der Waals surface area contributed by atoms with Crippen molar-refractivity contribution in [3.63, 3.8) is 0 Å².